The molecule has 0 aliphatic heterocycles. The second kappa shape index (κ2) is 7.70. The molecular weight excluding hydrogens is 266 g/mol. The fourth-order valence-electron chi connectivity index (χ4n) is 1.51. The highest BCUT2D eigenvalue weighted by Crippen LogP contribution is 2.20. The van der Waals surface area contributed by atoms with Gasteiger partial charge in [-0.2, -0.15) is 0 Å². The molecule has 6 heteroatoms. The van der Waals surface area contributed by atoms with Crippen LogP contribution in [0.5, 0.6) is 0 Å². The molecule has 0 bridgehead atoms. The van der Waals surface area contributed by atoms with E-state index in [1.165, 1.54) is 17.4 Å². The number of carbonyl (C=O) groups excluding carboxylic acids is 1. The van der Waals surface area contributed by atoms with E-state index in [0.29, 0.717) is 23.6 Å². The van der Waals surface area contributed by atoms with Gasteiger partial charge in [-0.05, 0) is 29.5 Å². The molecule has 1 amide bonds. The molecule has 0 aliphatic carbocycles. The average molecular weight is 283 g/mol. The van der Waals surface area contributed by atoms with Crippen LogP contribution in [0.4, 0.5) is 0 Å². The maximum atomic E-state index is 12.2. The lowest BCUT2D eigenvalue weighted by atomic mass is 10.2. The van der Waals surface area contributed by atoms with Crippen LogP contribution in [0.2, 0.25) is 0 Å². The molecule has 0 unspecified atom stereocenters. The molecule has 1 aromatic rings. The van der Waals surface area contributed by atoms with Crippen molar-refractivity contribution < 1.29 is 19.4 Å². The Kier molecular flexibility index (Phi) is 6.24. The Hall–Kier alpha value is -1.66. The van der Waals surface area contributed by atoms with Crippen LogP contribution in [0.25, 0.3) is 6.08 Å². The molecule has 1 rings (SSSR count). The van der Waals surface area contributed by atoms with E-state index in [-0.39, 0.29) is 5.91 Å². The quantitative estimate of drug-likeness (QED) is 0.613. The van der Waals surface area contributed by atoms with E-state index in [1.54, 1.807) is 30.5 Å². The molecule has 0 aliphatic rings. The largest absolute Gasteiger partial charge is 0.478 e. The third kappa shape index (κ3) is 4.84. The summed E-state index contributed by atoms with van der Waals surface area (Å²) in [6.45, 7) is 1.21. The van der Waals surface area contributed by atoms with Crippen molar-refractivity contribution in [2.24, 2.45) is 0 Å². The van der Waals surface area contributed by atoms with Crippen LogP contribution in [0.15, 0.2) is 17.5 Å². The number of nitrogens with zero attached hydrogens (tertiary/aromatic N) is 1. The molecule has 0 saturated heterocycles. The van der Waals surface area contributed by atoms with Crippen LogP contribution in [-0.4, -0.2) is 49.2 Å². The van der Waals surface area contributed by atoms with E-state index in [9.17, 15) is 9.59 Å². The van der Waals surface area contributed by atoms with Crippen molar-refractivity contribution in [2.75, 3.05) is 27.3 Å². The summed E-state index contributed by atoms with van der Waals surface area (Å²) >= 11 is 1.31. The van der Waals surface area contributed by atoms with Gasteiger partial charge >= 0.3 is 5.97 Å². The molecule has 1 aromatic heterocycles. The minimum Gasteiger partial charge on any atom is -0.478 e. The summed E-state index contributed by atoms with van der Waals surface area (Å²) in [6, 6.07) is 1.74. The molecule has 0 spiro atoms. The van der Waals surface area contributed by atoms with E-state index in [0.717, 1.165) is 12.5 Å². The number of rotatable bonds is 7. The molecular formula is C13H17NO4S. The molecule has 0 radical (unpaired) electrons. The van der Waals surface area contributed by atoms with E-state index >= 15 is 0 Å². The van der Waals surface area contributed by atoms with E-state index < -0.39 is 5.97 Å². The number of thiophene rings is 1. The third-order valence-corrected chi connectivity index (χ3v) is 3.40. The molecule has 5 nitrogen and oxygen atoms in total. The zero-order valence-corrected chi connectivity index (χ0v) is 11.8. The molecule has 0 fully saturated rings. The van der Waals surface area contributed by atoms with E-state index in [2.05, 4.69) is 0 Å². The fraction of sp³-hybridized carbons (Fsp3) is 0.385. The fourth-order valence-corrected chi connectivity index (χ4v) is 2.39. The van der Waals surface area contributed by atoms with Crippen molar-refractivity contribution in [1.82, 2.24) is 4.90 Å². The van der Waals surface area contributed by atoms with Gasteiger partial charge in [-0.1, -0.05) is 0 Å². The Morgan fingerprint density at radius 3 is 2.89 bits per heavy atom. The maximum Gasteiger partial charge on any atom is 0.328 e. The molecule has 0 aromatic carbocycles. The first kappa shape index (κ1) is 15.4. The normalized spacial score (nSPS) is 10.8. The Balaban J connectivity index is 2.71. The SMILES string of the molecule is COCCCN(C)C(=O)c1sccc1/C=C/C(=O)O. The zero-order chi connectivity index (χ0) is 14.3. The summed E-state index contributed by atoms with van der Waals surface area (Å²) in [5, 5.41) is 10.4. The summed E-state index contributed by atoms with van der Waals surface area (Å²) in [7, 11) is 3.35. The lowest BCUT2D eigenvalue weighted by molar-refractivity contribution is -0.131. The molecule has 1 N–H and O–H groups in total. The van der Waals surface area contributed by atoms with Crippen molar-refractivity contribution in [3.63, 3.8) is 0 Å². The van der Waals surface area contributed by atoms with Crippen LogP contribution < -0.4 is 0 Å². The summed E-state index contributed by atoms with van der Waals surface area (Å²) in [4.78, 5) is 24.8. The molecule has 1 heterocycles. The minimum absolute atomic E-state index is 0.101. The van der Waals surface area contributed by atoms with Crippen molar-refractivity contribution >= 4 is 29.3 Å². The van der Waals surface area contributed by atoms with Gasteiger partial charge in [0.1, 0.15) is 0 Å². The van der Waals surface area contributed by atoms with Gasteiger partial charge < -0.3 is 14.7 Å². The monoisotopic (exact) mass is 283 g/mol. The molecule has 0 saturated carbocycles. The Bertz CT molecular complexity index is 467. The van der Waals surface area contributed by atoms with Gasteiger partial charge in [-0.15, -0.1) is 11.3 Å². The van der Waals surface area contributed by atoms with Gasteiger partial charge in [0.2, 0.25) is 0 Å². The number of carboxylic acid groups (broad SMARTS) is 1. The Morgan fingerprint density at radius 2 is 2.26 bits per heavy atom. The average Bonchev–Trinajstić information content (AvgIpc) is 2.83. The number of hydrogen-bond acceptors (Lipinski definition) is 4. The van der Waals surface area contributed by atoms with Crippen LogP contribution >= 0.6 is 11.3 Å². The molecule has 104 valence electrons. The molecule has 19 heavy (non-hydrogen) atoms. The van der Waals surface area contributed by atoms with Gasteiger partial charge in [-0.25, -0.2) is 4.79 Å². The lowest BCUT2D eigenvalue weighted by Crippen LogP contribution is -2.28. The predicted molar refractivity (Wildman–Crippen MR) is 74.4 cm³/mol. The lowest BCUT2D eigenvalue weighted by Gasteiger charge is -2.16. The predicted octanol–water partition coefficient (Wildman–Crippen LogP) is 1.95. The van der Waals surface area contributed by atoms with E-state index in [1.807, 2.05) is 0 Å². The summed E-state index contributed by atoms with van der Waals surface area (Å²) in [5.41, 5.74) is 0.635. The van der Waals surface area contributed by atoms with Gasteiger partial charge in [-0.3, -0.25) is 4.79 Å². The maximum absolute atomic E-state index is 12.2. The zero-order valence-electron chi connectivity index (χ0n) is 11.0. The minimum atomic E-state index is -1.03. The van der Waals surface area contributed by atoms with Crippen molar-refractivity contribution in [2.45, 2.75) is 6.42 Å². The Morgan fingerprint density at radius 1 is 1.53 bits per heavy atom. The van der Waals surface area contributed by atoms with Gasteiger partial charge in [0, 0.05) is 33.4 Å². The summed E-state index contributed by atoms with van der Waals surface area (Å²) < 4.78 is 4.94. The first-order valence-electron chi connectivity index (χ1n) is 5.79. The van der Waals surface area contributed by atoms with Gasteiger partial charge in [0.15, 0.2) is 0 Å². The summed E-state index contributed by atoms with van der Waals surface area (Å²) in [5.74, 6) is -1.13. The van der Waals surface area contributed by atoms with Crippen molar-refractivity contribution in [1.29, 1.82) is 0 Å². The number of amides is 1. The van der Waals surface area contributed by atoms with Crippen molar-refractivity contribution in [3.8, 4) is 0 Å². The summed E-state index contributed by atoms with van der Waals surface area (Å²) in [6.07, 6.45) is 3.24. The number of carboxylic acids is 1. The first-order valence-corrected chi connectivity index (χ1v) is 6.67. The standard InChI is InChI=1S/C13H17NO4S/c1-14(7-3-8-18-2)13(17)12-10(6-9-19-12)4-5-11(15)16/h4-6,9H,3,7-8H2,1-2H3,(H,15,16)/b5-4+. The van der Waals surface area contributed by atoms with Gasteiger partial charge in [0.05, 0.1) is 4.88 Å². The number of aliphatic carboxylic acids is 1. The number of carbonyl (C=O) groups is 2. The topological polar surface area (TPSA) is 66.8 Å². The van der Waals surface area contributed by atoms with Crippen LogP contribution in [0, 0.1) is 0 Å². The second-order valence-electron chi connectivity index (χ2n) is 3.95. The highest BCUT2D eigenvalue weighted by Gasteiger charge is 2.15. The molecule has 0 atom stereocenters. The highest BCUT2D eigenvalue weighted by atomic mass is 32.1. The highest BCUT2D eigenvalue weighted by molar-refractivity contribution is 7.12. The number of ether oxygens (including phenoxy) is 1. The van der Waals surface area contributed by atoms with Crippen LogP contribution in [0.3, 0.4) is 0 Å². The Labute approximate surface area is 116 Å². The van der Waals surface area contributed by atoms with Crippen molar-refractivity contribution in [3.05, 3.63) is 28.0 Å². The number of hydrogen-bond donors (Lipinski definition) is 1. The number of methoxy groups -OCH3 is 1. The van der Waals surface area contributed by atoms with Crippen LogP contribution in [-0.2, 0) is 9.53 Å². The third-order valence-electron chi connectivity index (χ3n) is 2.48. The van der Waals surface area contributed by atoms with Crippen LogP contribution in [0.1, 0.15) is 21.7 Å². The first-order chi connectivity index (χ1) is 9.06. The smallest absolute Gasteiger partial charge is 0.328 e. The second-order valence-corrected chi connectivity index (χ2v) is 4.87. The van der Waals surface area contributed by atoms with E-state index in [4.69, 9.17) is 9.84 Å². The van der Waals surface area contributed by atoms with Gasteiger partial charge in [0.25, 0.3) is 5.91 Å².